The first-order chi connectivity index (χ1) is 13.5. The highest BCUT2D eigenvalue weighted by Gasteiger charge is 2.27. The Morgan fingerprint density at radius 3 is 2.46 bits per heavy atom. The molecule has 0 bridgehead atoms. The molecule has 1 aliphatic heterocycles. The van der Waals surface area contributed by atoms with Gasteiger partial charge in [-0.25, -0.2) is 8.42 Å². The van der Waals surface area contributed by atoms with Crippen molar-refractivity contribution in [2.24, 2.45) is 0 Å². The van der Waals surface area contributed by atoms with E-state index < -0.39 is 10.0 Å². The number of thiocarbonyl (C=S) groups is 1. The van der Waals surface area contributed by atoms with Crippen LogP contribution < -0.4 is 10.6 Å². The lowest BCUT2D eigenvalue weighted by Crippen LogP contribution is -2.47. The molecular formula is C18H21N5O3S2. The monoisotopic (exact) mass is 419 g/mol. The first-order valence-corrected chi connectivity index (χ1v) is 10.6. The van der Waals surface area contributed by atoms with Gasteiger partial charge in [-0.15, -0.1) is 0 Å². The quantitative estimate of drug-likeness (QED) is 0.533. The molecule has 2 heterocycles. The molecule has 0 spiro atoms. The van der Waals surface area contributed by atoms with Gasteiger partial charge in [0.1, 0.15) is 0 Å². The Hall–Kier alpha value is -2.56. The van der Waals surface area contributed by atoms with Crippen LogP contribution in [0.3, 0.4) is 0 Å². The van der Waals surface area contributed by atoms with Crippen LogP contribution in [0.5, 0.6) is 0 Å². The highest BCUT2D eigenvalue weighted by Crippen LogP contribution is 2.19. The second kappa shape index (κ2) is 9.09. The average Bonchev–Trinajstić information content (AvgIpc) is 2.73. The lowest BCUT2D eigenvalue weighted by molar-refractivity contribution is -0.119. The SMILES string of the molecule is O=CN1CCN(S(=O)(=O)c2ccc(NC(=S)NCc3cccnc3)cc2)CC1. The fraction of sp³-hybridized carbons (Fsp3) is 0.278. The number of nitrogens with zero attached hydrogens (tertiary/aromatic N) is 3. The molecule has 0 atom stereocenters. The minimum Gasteiger partial charge on any atom is -0.358 e. The number of piperazine rings is 1. The molecule has 28 heavy (non-hydrogen) atoms. The molecular weight excluding hydrogens is 398 g/mol. The second-order valence-electron chi connectivity index (χ2n) is 6.24. The molecule has 1 fully saturated rings. The zero-order chi connectivity index (χ0) is 20.0. The third kappa shape index (κ3) is 5.03. The minimum atomic E-state index is -3.58. The lowest BCUT2D eigenvalue weighted by atomic mass is 10.3. The molecule has 2 N–H and O–H groups in total. The number of benzene rings is 1. The molecule has 3 rings (SSSR count). The largest absolute Gasteiger partial charge is 0.358 e. The number of carbonyl (C=O) groups is 1. The van der Waals surface area contributed by atoms with Gasteiger partial charge < -0.3 is 15.5 Å². The van der Waals surface area contributed by atoms with Crippen molar-refractivity contribution in [3.05, 3.63) is 54.4 Å². The zero-order valence-electron chi connectivity index (χ0n) is 15.1. The molecule has 10 heteroatoms. The van der Waals surface area contributed by atoms with E-state index in [9.17, 15) is 13.2 Å². The predicted octanol–water partition coefficient (Wildman–Crippen LogP) is 1.03. The molecule has 0 radical (unpaired) electrons. The number of hydrogen-bond donors (Lipinski definition) is 2. The van der Waals surface area contributed by atoms with E-state index >= 15 is 0 Å². The molecule has 1 aliphatic rings. The normalized spacial score (nSPS) is 15.1. The van der Waals surface area contributed by atoms with Gasteiger partial charge >= 0.3 is 0 Å². The maximum atomic E-state index is 12.7. The summed E-state index contributed by atoms with van der Waals surface area (Å²) in [5, 5.41) is 6.54. The minimum absolute atomic E-state index is 0.215. The van der Waals surface area contributed by atoms with Gasteiger partial charge in [0.25, 0.3) is 0 Å². The predicted molar refractivity (Wildman–Crippen MR) is 110 cm³/mol. The van der Waals surface area contributed by atoms with Crippen molar-refractivity contribution in [1.82, 2.24) is 19.5 Å². The van der Waals surface area contributed by atoms with Crippen LogP contribution in [-0.4, -0.2) is 60.3 Å². The van der Waals surface area contributed by atoms with Crippen molar-refractivity contribution < 1.29 is 13.2 Å². The molecule has 1 saturated heterocycles. The van der Waals surface area contributed by atoms with Crippen molar-refractivity contribution in [1.29, 1.82) is 0 Å². The molecule has 0 aliphatic carbocycles. The van der Waals surface area contributed by atoms with Gasteiger partial charge in [-0.05, 0) is 48.1 Å². The standard InChI is InChI=1S/C18H21N5O3S2/c24-14-22-8-10-23(11-9-22)28(25,26)17-5-3-16(4-6-17)21-18(27)20-13-15-2-1-7-19-12-15/h1-7,12,14H,8-11,13H2,(H2,20,21,27). The van der Waals surface area contributed by atoms with E-state index in [1.54, 1.807) is 41.6 Å². The first-order valence-electron chi connectivity index (χ1n) is 8.72. The van der Waals surface area contributed by atoms with Crippen LogP contribution in [0.15, 0.2) is 53.7 Å². The lowest BCUT2D eigenvalue weighted by Gasteiger charge is -2.31. The molecule has 0 unspecified atom stereocenters. The second-order valence-corrected chi connectivity index (χ2v) is 8.58. The van der Waals surface area contributed by atoms with Gasteiger partial charge in [-0.1, -0.05) is 6.07 Å². The van der Waals surface area contributed by atoms with Crippen LogP contribution in [0.25, 0.3) is 0 Å². The van der Waals surface area contributed by atoms with Crippen molar-refractivity contribution in [2.75, 3.05) is 31.5 Å². The third-order valence-corrected chi connectivity index (χ3v) is 6.51. The topological polar surface area (TPSA) is 94.6 Å². The van der Waals surface area contributed by atoms with Gasteiger partial charge in [-0.2, -0.15) is 4.31 Å². The van der Waals surface area contributed by atoms with E-state index in [1.807, 2.05) is 12.1 Å². The van der Waals surface area contributed by atoms with Crippen molar-refractivity contribution >= 4 is 39.5 Å². The molecule has 1 amide bonds. The molecule has 1 aromatic carbocycles. The summed E-state index contributed by atoms with van der Waals surface area (Å²) in [4.78, 5) is 16.6. The summed E-state index contributed by atoms with van der Waals surface area (Å²) in [6.45, 7) is 1.93. The van der Waals surface area contributed by atoms with Gasteiger partial charge in [0.05, 0.1) is 4.90 Å². The Bertz CT molecular complexity index is 912. The highest BCUT2D eigenvalue weighted by atomic mass is 32.2. The summed E-state index contributed by atoms with van der Waals surface area (Å²) in [6, 6.07) is 10.2. The summed E-state index contributed by atoms with van der Waals surface area (Å²) < 4.78 is 26.9. The summed E-state index contributed by atoms with van der Waals surface area (Å²) in [7, 11) is -3.58. The maximum Gasteiger partial charge on any atom is 0.243 e. The zero-order valence-corrected chi connectivity index (χ0v) is 16.7. The fourth-order valence-corrected chi connectivity index (χ4v) is 4.38. The Morgan fingerprint density at radius 2 is 1.86 bits per heavy atom. The van der Waals surface area contributed by atoms with E-state index in [2.05, 4.69) is 15.6 Å². The number of pyridine rings is 1. The number of anilines is 1. The Labute approximate surface area is 169 Å². The van der Waals surface area contributed by atoms with Crippen LogP contribution in [0.2, 0.25) is 0 Å². The summed E-state index contributed by atoms with van der Waals surface area (Å²) in [6.07, 6.45) is 4.21. The molecule has 148 valence electrons. The summed E-state index contributed by atoms with van der Waals surface area (Å²) in [5.41, 5.74) is 1.69. The Morgan fingerprint density at radius 1 is 1.14 bits per heavy atom. The number of nitrogens with one attached hydrogen (secondary N) is 2. The van der Waals surface area contributed by atoms with Crippen molar-refractivity contribution in [2.45, 2.75) is 11.4 Å². The van der Waals surface area contributed by atoms with E-state index in [0.717, 1.165) is 12.0 Å². The first kappa shape index (κ1) is 20.2. The molecule has 2 aromatic rings. The number of sulfonamides is 1. The van der Waals surface area contributed by atoms with E-state index in [0.29, 0.717) is 43.5 Å². The summed E-state index contributed by atoms with van der Waals surface area (Å²) >= 11 is 5.26. The molecule has 8 nitrogen and oxygen atoms in total. The Kier molecular flexibility index (Phi) is 6.55. The number of aromatic nitrogens is 1. The molecule has 0 saturated carbocycles. The van der Waals surface area contributed by atoms with Crippen LogP contribution >= 0.6 is 12.2 Å². The van der Waals surface area contributed by atoms with Crippen molar-refractivity contribution in [3.8, 4) is 0 Å². The van der Waals surface area contributed by atoms with Gasteiger partial charge in [0.2, 0.25) is 16.4 Å². The average molecular weight is 420 g/mol. The van der Waals surface area contributed by atoms with Crippen LogP contribution in [-0.2, 0) is 21.4 Å². The summed E-state index contributed by atoms with van der Waals surface area (Å²) in [5.74, 6) is 0. The van der Waals surface area contributed by atoms with E-state index in [-0.39, 0.29) is 4.90 Å². The van der Waals surface area contributed by atoms with E-state index in [1.165, 1.54) is 4.31 Å². The highest BCUT2D eigenvalue weighted by molar-refractivity contribution is 7.89. The number of rotatable bonds is 6. The van der Waals surface area contributed by atoms with Gasteiger partial charge in [0, 0.05) is 50.8 Å². The van der Waals surface area contributed by atoms with Crippen LogP contribution in [0.1, 0.15) is 5.56 Å². The van der Waals surface area contributed by atoms with E-state index in [4.69, 9.17) is 12.2 Å². The van der Waals surface area contributed by atoms with Crippen molar-refractivity contribution in [3.63, 3.8) is 0 Å². The van der Waals surface area contributed by atoms with Gasteiger partial charge in [0.15, 0.2) is 5.11 Å². The molecule has 1 aromatic heterocycles. The maximum absolute atomic E-state index is 12.7. The number of carbonyl (C=O) groups excluding carboxylic acids is 1. The number of hydrogen-bond acceptors (Lipinski definition) is 5. The fourth-order valence-electron chi connectivity index (χ4n) is 2.77. The van der Waals surface area contributed by atoms with Gasteiger partial charge in [-0.3, -0.25) is 9.78 Å². The van der Waals surface area contributed by atoms with Crippen LogP contribution in [0.4, 0.5) is 5.69 Å². The number of amides is 1. The third-order valence-electron chi connectivity index (χ3n) is 4.35. The smallest absolute Gasteiger partial charge is 0.243 e. The Balaban J connectivity index is 1.57. The van der Waals surface area contributed by atoms with Crippen LogP contribution in [0, 0.1) is 0 Å².